The third-order valence-corrected chi connectivity index (χ3v) is 3.66. The highest BCUT2D eigenvalue weighted by molar-refractivity contribution is 6.23. The van der Waals surface area contributed by atoms with Crippen LogP contribution in [0.5, 0.6) is 5.75 Å². The van der Waals surface area contributed by atoms with E-state index in [-0.39, 0.29) is 18.0 Å². The Morgan fingerprint density at radius 1 is 1.17 bits per heavy atom. The van der Waals surface area contributed by atoms with Crippen molar-refractivity contribution in [1.82, 2.24) is 0 Å². The van der Waals surface area contributed by atoms with Crippen molar-refractivity contribution < 1.29 is 18.7 Å². The maximum atomic E-state index is 13.7. The number of anilines is 2. The van der Waals surface area contributed by atoms with Crippen LogP contribution in [0.2, 0.25) is 0 Å². The normalized spacial score (nSPS) is 17.5. The van der Waals surface area contributed by atoms with Gasteiger partial charge in [0, 0.05) is 6.07 Å². The molecule has 1 saturated heterocycles. The lowest BCUT2D eigenvalue weighted by atomic mass is 10.2. The van der Waals surface area contributed by atoms with Gasteiger partial charge in [-0.3, -0.25) is 9.59 Å². The van der Waals surface area contributed by atoms with Gasteiger partial charge in [0.2, 0.25) is 5.91 Å². The first-order valence-electron chi connectivity index (χ1n) is 7.12. The van der Waals surface area contributed by atoms with Crippen molar-refractivity contribution in [2.24, 2.45) is 0 Å². The minimum atomic E-state index is -0.786. The lowest BCUT2D eigenvalue weighted by molar-refractivity contribution is -0.121. The smallest absolute Gasteiger partial charge is 0.256 e. The van der Waals surface area contributed by atoms with Crippen LogP contribution in [0, 0.1) is 5.82 Å². The first kappa shape index (κ1) is 15.0. The molecule has 1 heterocycles. The highest BCUT2D eigenvalue weighted by atomic mass is 19.1. The Morgan fingerprint density at radius 2 is 1.96 bits per heavy atom. The van der Waals surface area contributed by atoms with E-state index in [1.807, 2.05) is 0 Å². The zero-order valence-electron chi connectivity index (χ0n) is 12.5. The lowest BCUT2D eigenvalue weighted by Gasteiger charge is -2.17. The Morgan fingerprint density at radius 3 is 2.70 bits per heavy atom. The SMILES string of the molecule is COc1cccc(N2C(=O)C[C@@H](Nc3ccccc3F)C2=O)c1. The molecule has 0 aromatic heterocycles. The van der Waals surface area contributed by atoms with Crippen molar-refractivity contribution in [1.29, 1.82) is 0 Å². The van der Waals surface area contributed by atoms with Gasteiger partial charge in [-0.1, -0.05) is 18.2 Å². The number of ether oxygens (including phenoxy) is 1. The monoisotopic (exact) mass is 314 g/mol. The quantitative estimate of drug-likeness (QED) is 0.881. The number of carbonyl (C=O) groups is 2. The number of hydrogen-bond acceptors (Lipinski definition) is 4. The number of carbonyl (C=O) groups excluding carboxylic acids is 2. The average molecular weight is 314 g/mol. The summed E-state index contributed by atoms with van der Waals surface area (Å²) in [7, 11) is 1.51. The minimum absolute atomic E-state index is 0.0234. The van der Waals surface area contributed by atoms with Crippen LogP contribution in [0.25, 0.3) is 0 Å². The van der Waals surface area contributed by atoms with Gasteiger partial charge in [-0.05, 0) is 24.3 Å². The van der Waals surface area contributed by atoms with Gasteiger partial charge in [-0.2, -0.15) is 0 Å². The highest BCUT2D eigenvalue weighted by Crippen LogP contribution is 2.28. The molecule has 2 amide bonds. The fraction of sp³-hybridized carbons (Fsp3) is 0.176. The Kier molecular flexibility index (Phi) is 3.97. The van der Waals surface area contributed by atoms with E-state index in [2.05, 4.69) is 5.32 Å². The molecule has 2 aromatic rings. The zero-order chi connectivity index (χ0) is 16.4. The molecule has 1 fully saturated rings. The number of halogens is 1. The number of amides is 2. The highest BCUT2D eigenvalue weighted by Gasteiger charge is 2.39. The second-order valence-electron chi connectivity index (χ2n) is 5.15. The van der Waals surface area contributed by atoms with Gasteiger partial charge in [-0.15, -0.1) is 0 Å². The molecular weight excluding hydrogens is 299 g/mol. The number of benzene rings is 2. The van der Waals surface area contributed by atoms with E-state index in [1.165, 1.54) is 19.2 Å². The molecule has 0 bridgehead atoms. The van der Waals surface area contributed by atoms with Crippen LogP contribution in [0.4, 0.5) is 15.8 Å². The van der Waals surface area contributed by atoms with Crippen LogP contribution in [0.15, 0.2) is 48.5 Å². The third kappa shape index (κ3) is 2.88. The number of rotatable bonds is 4. The molecule has 0 radical (unpaired) electrons. The van der Waals surface area contributed by atoms with Crippen LogP contribution in [-0.4, -0.2) is 25.0 Å². The van der Waals surface area contributed by atoms with Crippen molar-refractivity contribution in [2.75, 3.05) is 17.3 Å². The predicted molar refractivity (Wildman–Crippen MR) is 83.9 cm³/mol. The summed E-state index contributed by atoms with van der Waals surface area (Å²) in [5.74, 6) is -0.662. The third-order valence-electron chi connectivity index (χ3n) is 3.66. The molecule has 1 N–H and O–H groups in total. The topological polar surface area (TPSA) is 58.6 Å². The summed E-state index contributed by atoms with van der Waals surface area (Å²) in [5, 5.41) is 2.80. The molecule has 5 nitrogen and oxygen atoms in total. The van der Waals surface area contributed by atoms with Crippen LogP contribution >= 0.6 is 0 Å². The molecular formula is C17H15FN2O3. The maximum Gasteiger partial charge on any atom is 0.256 e. The number of nitrogens with zero attached hydrogens (tertiary/aromatic N) is 1. The van der Waals surface area contributed by atoms with Gasteiger partial charge >= 0.3 is 0 Å². The molecule has 118 valence electrons. The van der Waals surface area contributed by atoms with Gasteiger partial charge in [0.25, 0.3) is 5.91 Å². The molecule has 0 aliphatic carbocycles. The summed E-state index contributed by atoms with van der Waals surface area (Å²) in [5.41, 5.74) is 0.642. The van der Waals surface area contributed by atoms with Gasteiger partial charge < -0.3 is 10.1 Å². The first-order chi connectivity index (χ1) is 11.1. The molecule has 6 heteroatoms. The van der Waals surface area contributed by atoms with E-state index in [4.69, 9.17) is 4.74 Å². The molecule has 0 spiro atoms. The minimum Gasteiger partial charge on any atom is -0.497 e. The second kappa shape index (κ2) is 6.08. The lowest BCUT2D eigenvalue weighted by Crippen LogP contribution is -2.34. The average Bonchev–Trinajstić information content (AvgIpc) is 2.83. The molecule has 1 aliphatic rings. The molecule has 2 aromatic carbocycles. The maximum absolute atomic E-state index is 13.7. The number of methoxy groups -OCH3 is 1. The van der Waals surface area contributed by atoms with E-state index in [9.17, 15) is 14.0 Å². The summed E-state index contributed by atoms with van der Waals surface area (Å²) < 4.78 is 18.8. The largest absolute Gasteiger partial charge is 0.497 e. The summed E-state index contributed by atoms with van der Waals surface area (Å²) in [6.07, 6.45) is -0.0234. The van der Waals surface area contributed by atoms with Crippen molar-refractivity contribution in [2.45, 2.75) is 12.5 Å². The predicted octanol–water partition coefficient (Wildman–Crippen LogP) is 2.58. The van der Waals surface area contributed by atoms with E-state index >= 15 is 0 Å². The number of para-hydroxylation sites is 1. The van der Waals surface area contributed by atoms with E-state index in [0.717, 1.165) is 4.90 Å². The molecule has 3 rings (SSSR count). The Labute approximate surface area is 132 Å². The van der Waals surface area contributed by atoms with Crippen molar-refractivity contribution in [3.05, 3.63) is 54.3 Å². The van der Waals surface area contributed by atoms with Crippen molar-refractivity contribution >= 4 is 23.2 Å². The molecule has 1 atom stereocenters. The van der Waals surface area contributed by atoms with Crippen molar-refractivity contribution in [3.63, 3.8) is 0 Å². The van der Waals surface area contributed by atoms with Gasteiger partial charge in [0.05, 0.1) is 24.9 Å². The first-order valence-corrected chi connectivity index (χ1v) is 7.12. The standard InChI is InChI=1S/C17H15FN2O3/c1-23-12-6-4-5-11(9-12)20-16(21)10-15(17(20)22)19-14-8-3-2-7-13(14)18/h2-9,15,19H,10H2,1H3/t15-/m1/s1. The van der Waals surface area contributed by atoms with Crippen LogP contribution < -0.4 is 15.0 Å². The van der Waals surface area contributed by atoms with Crippen LogP contribution in [0.3, 0.4) is 0 Å². The molecule has 0 saturated carbocycles. The zero-order valence-corrected chi connectivity index (χ0v) is 12.5. The molecule has 23 heavy (non-hydrogen) atoms. The second-order valence-corrected chi connectivity index (χ2v) is 5.15. The van der Waals surface area contributed by atoms with E-state index in [1.54, 1.807) is 36.4 Å². The Hall–Kier alpha value is -2.89. The summed E-state index contributed by atoms with van der Waals surface area (Å²) >= 11 is 0. The fourth-order valence-corrected chi connectivity index (χ4v) is 2.53. The number of hydrogen-bond donors (Lipinski definition) is 1. The van der Waals surface area contributed by atoms with E-state index < -0.39 is 17.8 Å². The van der Waals surface area contributed by atoms with Gasteiger partial charge in [-0.25, -0.2) is 9.29 Å². The molecule has 1 aliphatic heterocycles. The number of imide groups is 1. The number of nitrogens with one attached hydrogen (secondary N) is 1. The van der Waals surface area contributed by atoms with Gasteiger partial charge in [0.1, 0.15) is 17.6 Å². The Bertz CT molecular complexity index is 763. The molecule has 0 unspecified atom stereocenters. The summed E-state index contributed by atoms with van der Waals surface area (Å²) in [6.45, 7) is 0. The Balaban J connectivity index is 1.84. The van der Waals surface area contributed by atoms with E-state index in [0.29, 0.717) is 11.4 Å². The van der Waals surface area contributed by atoms with Crippen LogP contribution in [0.1, 0.15) is 6.42 Å². The van der Waals surface area contributed by atoms with Crippen molar-refractivity contribution in [3.8, 4) is 5.75 Å². The van der Waals surface area contributed by atoms with Gasteiger partial charge in [0.15, 0.2) is 0 Å². The van der Waals surface area contributed by atoms with Crippen LogP contribution in [-0.2, 0) is 9.59 Å². The fourth-order valence-electron chi connectivity index (χ4n) is 2.53. The summed E-state index contributed by atoms with van der Waals surface area (Å²) in [4.78, 5) is 25.8. The summed E-state index contributed by atoms with van der Waals surface area (Å²) in [6, 6.07) is 12.0.